The summed E-state index contributed by atoms with van der Waals surface area (Å²) in [5, 5.41) is 40.9. The Morgan fingerprint density at radius 3 is 0.485 bits per heavy atom. The van der Waals surface area contributed by atoms with Gasteiger partial charge in [0.15, 0.2) is 0 Å². The summed E-state index contributed by atoms with van der Waals surface area (Å²) in [6.45, 7) is 0. The molecule has 1 rings (SSSR count). The number of aliphatic hydroxyl groups is 4. The van der Waals surface area contributed by atoms with Crippen LogP contribution in [0.2, 0.25) is 0 Å². The summed E-state index contributed by atoms with van der Waals surface area (Å²) >= 11 is 0. The van der Waals surface area contributed by atoms with E-state index in [1.165, 1.54) is 122 Å². The van der Waals surface area contributed by atoms with Gasteiger partial charge < -0.3 is 20.4 Å². The van der Waals surface area contributed by atoms with Gasteiger partial charge in [-0.3, -0.25) is 0 Å². The van der Waals surface area contributed by atoms with Crippen LogP contribution < -0.4 is 0 Å². The number of hydrogen-bond donors (Lipinski definition) is 4. The first-order chi connectivity index (χ1) is 16.0. The molecular formula is C29H58O4. The second kappa shape index (κ2) is 20.1. The van der Waals surface area contributed by atoms with Gasteiger partial charge in [-0.25, -0.2) is 0 Å². The van der Waals surface area contributed by atoms with Gasteiger partial charge in [0, 0.05) is 12.8 Å². The smallest absolute Gasteiger partial charge is 0.218 e. The van der Waals surface area contributed by atoms with Crippen LogP contribution in [0.3, 0.4) is 0 Å². The maximum absolute atomic E-state index is 10.2. The van der Waals surface area contributed by atoms with Crippen molar-refractivity contribution >= 4 is 0 Å². The van der Waals surface area contributed by atoms with Crippen molar-refractivity contribution in [2.75, 3.05) is 0 Å². The van der Waals surface area contributed by atoms with Crippen molar-refractivity contribution in [2.24, 2.45) is 0 Å². The topological polar surface area (TPSA) is 80.9 Å². The Hall–Kier alpha value is -0.160. The van der Waals surface area contributed by atoms with Crippen molar-refractivity contribution in [1.82, 2.24) is 0 Å². The monoisotopic (exact) mass is 470 g/mol. The Bertz CT molecular complexity index is 384. The average Bonchev–Trinajstić information content (AvgIpc) is 2.77. The molecule has 0 radical (unpaired) electrons. The van der Waals surface area contributed by atoms with Crippen LogP contribution in [0.5, 0.6) is 0 Å². The van der Waals surface area contributed by atoms with E-state index in [-0.39, 0.29) is 12.8 Å². The van der Waals surface area contributed by atoms with E-state index in [4.69, 9.17) is 0 Å². The molecular weight excluding hydrogens is 412 g/mol. The van der Waals surface area contributed by atoms with E-state index in [0.717, 1.165) is 25.7 Å². The lowest BCUT2D eigenvalue weighted by Gasteiger charge is -2.35. The van der Waals surface area contributed by atoms with Gasteiger partial charge in [-0.15, -0.1) is 0 Å². The van der Waals surface area contributed by atoms with Gasteiger partial charge in [0.25, 0.3) is 0 Å². The Kier molecular flexibility index (Phi) is 18.8. The molecule has 0 unspecified atom stereocenters. The molecule has 33 heavy (non-hydrogen) atoms. The highest BCUT2D eigenvalue weighted by Crippen LogP contribution is 2.29. The molecule has 0 amide bonds. The maximum atomic E-state index is 10.2. The van der Waals surface area contributed by atoms with Gasteiger partial charge >= 0.3 is 0 Å². The summed E-state index contributed by atoms with van der Waals surface area (Å²) in [7, 11) is 0. The minimum absolute atomic E-state index is 0.0278. The molecule has 198 valence electrons. The number of hydrogen-bond acceptors (Lipinski definition) is 4. The Morgan fingerprint density at radius 2 is 0.333 bits per heavy atom. The first-order valence-electron chi connectivity index (χ1n) is 14.9. The van der Waals surface area contributed by atoms with Gasteiger partial charge in [-0.2, -0.15) is 0 Å². The van der Waals surface area contributed by atoms with E-state index < -0.39 is 11.6 Å². The number of rotatable bonds is 0. The molecule has 1 saturated carbocycles. The SMILES string of the molecule is OC1(O)CCCCCCCCCCCCCCCCCCCCCCCCCCCC1(O)O. The minimum Gasteiger partial charge on any atom is -0.361 e. The van der Waals surface area contributed by atoms with E-state index in [1.54, 1.807) is 0 Å². The predicted molar refractivity (Wildman–Crippen MR) is 139 cm³/mol. The third-order valence-electron chi connectivity index (χ3n) is 7.69. The van der Waals surface area contributed by atoms with E-state index in [0.29, 0.717) is 12.8 Å². The van der Waals surface area contributed by atoms with Crippen molar-refractivity contribution in [1.29, 1.82) is 0 Å². The molecule has 0 heterocycles. The van der Waals surface area contributed by atoms with Crippen molar-refractivity contribution in [3.05, 3.63) is 0 Å². The molecule has 1 aliphatic rings. The van der Waals surface area contributed by atoms with Crippen molar-refractivity contribution in [3.8, 4) is 0 Å². The molecule has 0 aromatic carbocycles. The molecule has 0 spiro atoms. The molecule has 1 fully saturated rings. The van der Waals surface area contributed by atoms with Crippen LogP contribution in [-0.2, 0) is 0 Å². The average molecular weight is 471 g/mol. The van der Waals surface area contributed by atoms with Gasteiger partial charge in [-0.05, 0) is 12.8 Å². The summed E-state index contributed by atoms with van der Waals surface area (Å²) < 4.78 is 0. The van der Waals surface area contributed by atoms with E-state index in [2.05, 4.69) is 0 Å². The lowest BCUT2D eigenvalue weighted by molar-refractivity contribution is -0.361. The van der Waals surface area contributed by atoms with Crippen LogP contribution in [0.4, 0.5) is 0 Å². The van der Waals surface area contributed by atoms with Gasteiger partial charge in [0.05, 0.1) is 0 Å². The molecule has 0 aliphatic heterocycles. The first-order valence-corrected chi connectivity index (χ1v) is 14.9. The van der Waals surface area contributed by atoms with Crippen molar-refractivity contribution < 1.29 is 20.4 Å². The molecule has 0 bridgehead atoms. The zero-order valence-electron chi connectivity index (χ0n) is 21.9. The summed E-state index contributed by atoms with van der Waals surface area (Å²) in [5.41, 5.74) is 0. The summed E-state index contributed by atoms with van der Waals surface area (Å²) in [5.74, 6) is -4.82. The molecule has 4 N–H and O–H groups in total. The fourth-order valence-electron chi connectivity index (χ4n) is 5.21. The molecule has 4 heteroatoms. The normalized spacial score (nSPS) is 25.8. The Balaban J connectivity index is 2.26. The van der Waals surface area contributed by atoms with Crippen LogP contribution in [0.15, 0.2) is 0 Å². The van der Waals surface area contributed by atoms with Gasteiger partial charge in [-0.1, -0.05) is 148 Å². The Morgan fingerprint density at radius 1 is 0.212 bits per heavy atom. The highest BCUT2D eigenvalue weighted by molar-refractivity contribution is 4.82. The lowest BCUT2D eigenvalue weighted by Crippen LogP contribution is -2.54. The quantitative estimate of drug-likeness (QED) is 0.271. The van der Waals surface area contributed by atoms with Crippen molar-refractivity contribution in [2.45, 2.75) is 185 Å². The second-order valence-corrected chi connectivity index (χ2v) is 11.0. The van der Waals surface area contributed by atoms with Crippen LogP contribution in [0.25, 0.3) is 0 Å². The summed E-state index contributed by atoms with van der Waals surface area (Å²) in [6, 6.07) is 0. The van der Waals surface area contributed by atoms with Gasteiger partial charge in [0.1, 0.15) is 0 Å². The predicted octanol–water partition coefficient (Wildman–Crippen LogP) is 7.89. The van der Waals surface area contributed by atoms with E-state index >= 15 is 0 Å². The van der Waals surface area contributed by atoms with Crippen molar-refractivity contribution in [3.63, 3.8) is 0 Å². The maximum Gasteiger partial charge on any atom is 0.218 e. The summed E-state index contributed by atoms with van der Waals surface area (Å²) in [6.07, 6.45) is 30.9. The van der Waals surface area contributed by atoms with E-state index in [1.807, 2.05) is 0 Å². The molecule has 0 saturated heterocycles. The fraction of sp³-hybridized carbons (Fsp3) is 1.00. The van der Waals surface area contributed by atoms with E-state index in [9.17, 15) is 20.4 Å². The fourth-order valence-corrected chi connectivity index (χ4v) is 5.21. The lowest BCUT2D eigenvalue weighted by atomic mass is 9.93. The minimum atomic E-state index is -2.41. The highest BCUT2D eigenvalue weighted by Gasteiger charge is 2.45. The molecule has 0 aromatic rings. The van der Waals surface area contributed by atoms with Gasteiger partial charge in [0.2, 0.25) is 11.6 Å². The third kappa shape index (κ3) is 17.0. The molecule has 4 nitrogen and oxygen atoms in total. The van der Waals surface area contributed by atoms with Crippen LogP contribution >= 0.6 is 0 Å². The van der Waals surface area contributed by atoms with Crippen LogP contribution in [0.1, 0.15) is 173 Å². The summed E-state index contributed by atoms with van der Waals surface area (Å²) in [4.78, 5) is 0. The molecule has 0 aromatic heterocycles. The second-order valence-electron chi connectivity index (χ2n) is 11.0. The third-order valence-corrected chi connectivity index (χ3v) is 7.69. The zero-order chi connectivity index (χ0) is 24.1. The van der Waals surface area contributed by atoms with Crippen LogP contribution in [0, 0.1) is 0 Å². The first kappa shape index (κ1) is 30.9. The largest absolute Gasteiger partial charge is 0.361 e. The Labute approximate surface area is 205 Å². The standard InChI is InChI=1S/C29H58O4/c30-28(31)26-24-22-20-18-16-14-12-10-8-6-4-2-1-3-5-7-9-11-13-15-17-19-21-23-25-27-29(28,32)33/h30-33H,1-27H2. The zero-order valence-corrected chi connectivity index (χ0v) is 21.9. The molecule has 0 atom stereocenters. The highest BCUT2D eigenvalue weighted by atomic mass is 16.6. The molecule has 1 aliphatic carbocycles. The van der Waals surface area contributed by atoms with Crippen LogP contribution in [-0.4, -0.2) is 32.0 Å².